The number of benzene rings is 2. The lowest BCUT2D eigenvalue weighted by Crippen LogP contribution is -2.24. The molecule has 2 aromatic rings. The lowest BCUT2D eigenvalue weighted by molar-refractivity contribution is 0.140. The van der Waals surface area contributed by atoms with Crippen LogP contribution in [0.3, 0.4) is 0 Å². The summed E-state index contributed by atoms with van der Waals surface area (Å²) in [7, 11) is 0. The monoisotopic (exact) mass is 309 g/mol. The first-order chi connectivity index (χ1) is 11.3. The van der Waals surface area contributed by atoms with Crippen LogP contribution in [0.2, 0.25) is 0 Å². The molecule has 0 aliphatic carbocycles. The van der Waals surface area contributed by atoms with Crippen LogP contribution < -0.4 is 16.6 Å². The molecule has 0 aliphatic rings. The predicted molar refractivity (Wildman–Crippen MR) is 90.4 cm³/mol. The van der Waals surface area contributed by atoms with Gasteiger partial charge in [-0.2, -0.15) is 0 Å². The molecule has 2 aromatic carbocycles. The third-order valence-corrected chi connectivity index (χ3v) is 2.99. The van der Waals surface area contributed by atoms with Crippen molar-refractivity contribution in [1.29, 1.82) is 0 Å². The molecule has 0 aliphatic heterocycles. The van der Waals surface area contributed by atoms with E-state index in [4.69, 9.17) is 10.6 Å². The number of ether oxygens (including phenoxy) is 1. The van der Waals surface area contributed by atoms with E-state index in [1.807, 2.05) is 54.6 Å². The number of amides is 1. The fourth-order valence-electron chi connectivity index (χ4n) is 1.85. The summed E-state index contributed by atoms with van der Waals surface area (Å²) in [5, 5.41) is 2.67. The van der Waals surface area contributed by atoms with Crippen molar-refractivity contribution in [2.75, 3.05) is 12.0 Å². The Morgan fingerprint density at radius 3 is 2.74 bits per heavy atom. The summed E-state index contributed by atoms with van der Waals surface area (Å²) in [5.74, 6) is 11.3. The van der Waals surface area contributed by atoms with Gasteiger partial charge in [-0.15, -0.1) is 0 Å². The molecule has 0 radical (unpaired) electrons. The molecule has 0 unspecified atom stereocenters. The molecular weight excluding hydrogens is 290 g/mol. The van der Waals surface area contributed by atoms with Crippen molar-refractivity contribution < 1.29 is 9.53 Å². The Morgan fingerprint density at radius 1 is 1.13 bits per heavy atom. The number of nitrogen functional groups attached to an aromatic ring is 1. The van der Waals surface area contributed by atoms with Gasteiger partial charge in [0.25, 0.3) is 0 Å². The van der Waals surface area contributed by atoms with Crippen LogP contribution in [0.1, 0.15) is 17.5 Å². The number of hydrazine groups is 1. The molecule has 23 heavy (non-hydrogen) atoms. The maximum absolute atomic E-state index is 11.5. The van der Waals surface area contributed by atoms with E-state index in [1.54, 1.807) is 0 Å². The van der Waals surface area contributed by atoms with E-state index < -0.39 is 6.09 Å². The first kappa shape index (κ1) is 16.4. The third kappa shape index (κ3) is 6.12. The fraction of sp³-hybridized carbons (Fsp3) is 0.167. The van der Waals surface area contributed by atoms with Crippen molar-refractivity contribution in [3.05, 3.63) is 65.7 Å². The van der Waals surface area contributed by atoms with Crippen LogP contribution in [-0.2, 0) is 11.3 Å². The van der Waals surface area contributed by atoms with Crippen LogP contribution in [0.25, 0.3) is 0 Å². The predicted octanol–water partition coefficient (Wildman–Crippen LogP) is 2.64. The quantitative estimate of drug-likeness (QED) is 0.343. The Kier molecular flexibility index (Phi) is 6.51. The zero-order chi connectivity index (χ0) is 16.3. The highest BCUT2D eigenvalue weighted by molar-refractivity contribution is 5.67. The molecule has 0 spiro atoms. The summed E-state index contributed by atoms with van der Waals surface area (Å²) in [4.78, 5) is 11.5. The highest BCUT2D eigenvalue weighted by Crippen LogP contribution is 2.07. The van der Waals surface area contributed by atoms with Gasteiger partial charge in [-0.3, -0.25) is 5.84 Å². The molecule has 0 aromatic heterocycles. The van der Waals surface area contributed by atoms with E-state index in [2.05, 4.69) is 22.6 Å². The van der Waals surface area contributed by atoms with Crippen LogP contribution >= 0.6 is 0 Å². The number of nitrogens with one attached hydrogen (secondary N) is 2. The summed E-state index contributed by atoms with van der Waals surface area (Å²) < 4.78 is 5.10. The summed E-state index contributed by atoms with van der Waals surface area (Å²) in [5.41, 5.74) is 5.20. The molecule has 0 atom stereocenters. The Balaban J connectivity index is 1.67. The van der Waals surface area contributed by atoms with E-state index in [0.717, 1.165) is 16.8 Å². The number of carbonyl (C=O) groups excluding carboxylic acids is 1. The van der Waals surface area contributed by atoms with Crippen molar-refractivity contribution in [2.45, 2.75) is 13.0 Å². The van der Waals surface area contributed by atoms with E-state index in [-0.39, 0.29) is 6.61 Å². The number of carbonyl (C=O) groups is 1. The van der Waals surface area contributed by atoms with Crippen molar-refractivity contribution >= 4 is 11.8 Å². The van der Waals surface area contributed by atoms with Crippen molar-refractivity contribution in [3.8, 4) is 11.8 Å². The Morgan fingerprint density at radius 2 is 1.96 bits per heavy atom. The number of hydrogen-bond donors (Lipinski definition) is 3. The molecule has 118 valence electrons. The molecule has 0 saturated carbocycles. The molecule has 0 heterocycles. The second kappa shape index (κ2) is 9.13. The van der Waals surface area contributed by atoms with Crippen LogP contribution in [0.4, 0.5) is 10.5 Å². The molecule has 0 saturated heterocycles. The van der Waals surface area contributed by atoms with E-state index in [9.17, 15) is 4.79 Å². The first-order valence-corrected chi connectivity index (χ1v) is 7.28. The summed E-state index contributed by atoms with van der Waals surface area (Å²) >= 11 is 0. The van der Waals surface area contributed by atoms with Crippen LogP contribution in [0.15, 0.2) is 54.6 Å². The molecular formula is C18H19N3O2. The Labute approximate surface area is 135 Å². The normalized spacial score (nSPS) is 9.43. The van der Waals surface area contributed by atoms with E-state index in [0.29, 0.717) is 13.0 Å². The lowest BCUT2D eigenvalue weighted by Gasteiger charge is -2.05. The SMILES string of the molecule is NNc1cccc(C#CCCNC(=O)OCc2ccccc2)c1. The van der Waals surface area contributed by atoms with Gasteiger partial charge in [0.05, 0.1) is 0 Å². The minimum absolute atomic E-state index is 0.261. The highest BCUT2D eigenvalue weighted by Gasteiger charge is 2.00. The van der Waals surface area contributed by atoms with Crippen molar-refractivity contribution in [1.82, 2.24) is 5.32 Å². The summed E-state index contributed by atoms with van der Waals surface area (Å²) in [6, 6.07) is 17.0. The van der Waals surface area contributed by atoms with Gasteiger partial charge in [0, 0.05) is 24.2 Å². The summed E-state index contributed by atoms with van der Waals surface area (Å²) in [6.07, 6.45) is 0.103. The first-order valence-electron chi connectivity index (χ1n) is 7.28. The van der Waals surface area contributed by atoms with Gasteiger partial charge in [0.1, 0.15) is 6.61 Å². The molecule has 4 N–H and O–H groups in total. The second-order valence-electron chi connectivity index (χ2n) is 4.77. The van der Waals surface area contributed by atoms with Crippen molar-refractivity contribution in [3.63, 3.8) is 0 Å². The Hall–Kier alpha value is -2.97. The average molecular weight is 309 g/mol. The number of rotatable bonds is 5. The third-order valence-electron chi connectivity index (χ3n) is 2.99. The zero-order valence-electron chi connectivity index (χ0n) is 12.7. The topological polar surface area (TPSA) is 76.4 Å². The number of anilines is 1. The van der Waals surface area contributed by atoms with Gasteiger partial charge < -0.3 is 15.5 Å². The second-order valence-corrected chi connectivity index (χ2v) is 4.77. The Bertz CT molecular complexity index is 690. The molecule has 0 fully saturated rings. The molecule has 5 heteroatoms. The largest absolute Gasteiger partial charge is 0.445 e. The lowest BCUT2D eigenvalue weighted by atomic mass is 10.2. The standard InChI is InChI=1S/C18H19N3O2/c19-21-17-11-6-10-15(13-17)7-4-5-12-20-18(22)23-14-16-8-2-1-3-9-16/h1-3,6,8-11,13,21H,5,12,14,19H2,(H,20,22). The average Bonchev–Trinajstić information content (AvgIpc) is 2.61. The van der Waals surface area contributed by atoms with Gasteiger partial charge in [-0.1, -0.05) is 48.2 Å². The maximum Gasteiger partial charge on any atom is 0.407 e. The van der Waals surface area contributed by atoms with Crippen LogP contribution in [-0.4, -0.2) is 12.6 Å². The van der Waals surface area contributed by atoms with E-state index in [1.165, 1.54) is 0 Å². The minimum Gasteiger partial charge on any atom is -0.445 e. The zero-order valence-corrected chi connectivity index (χ0v) is 12.7. The van der Waals surface area contributed by atoms with Crippen molar-refractivity contribution in [2.24, 2.45) is 5.84 Å². The molecule has 0 bridgehead atoms. The van der Waals surface area contributed by atoms with Gasteiger partial charge in [-0.25, -0.2) is 4.79 Å². The van der Waals surface area contributed by atoms with Gasteiger partial charge in [0.2, 0.25) is 0 Å². The number of hydrogen-bond acceptors (Lipinski definition) is 4. The number of alkyl carbamates (subject to hydrolysis) is 1. The maximum atomic E-state index is 11.5. The van der Waals surface area contributed by atoms with E-state index >= 15 is 0 Å². The van der Waals surface area contributed by atoms with Gasteiger partial charge >= 0.3 is 6.09 Å². The molecule has 2 rings (SSSR count). The molecule has 1 amide bonds. The highest BCUT2D eigenvalue weighted by atomic mass is 16.5. The molecule has 5 nitrogen and oxygen atoms in total. The van der Waals surface area contributed by atoms with Gasteiger partial charge in [-0.05, 0) is 23.8 Å². The van der Waals surface area contributed by atoms with Crippen LogP contribution in [0, 0.1) is 11.8 Å². The fourth-order valence-corrected chi connectivity index (χ4v) is 1.85. The minimum atomic E-state index is -0.440. The number of nitrogens with two attached hydrogens (primary N) is 1. The van der Waals surface area contributed by atoms with Gasteiger partial charge in [0.15, 0.2) is 0 Å². The smallest absolute Gasteiger partial charge is 0.407 e. The van der Waals surface area contributed by atoms with Crippen LogP contribution in [0.5, 0.6) is 0 Å². The summed E-state index contributed by atoms with van der Waals surface area (Å²) in [6.45, 7) is 0.701.